The maximum atomic E-state index is 13.5. The van der Waals surface area contributed by atoms with Gasteiger partial charge in [0.15, 0.2) is 5.66 Å². The van der Waals surface area contributed by atoms with Crippen LogP contribution in [0.25, 0.3) is 10.9 Å². The molecule has 0 saturated carbocycles. The van der Waals surface area contributed by atoms with E-state index in [1.807, 2.05) is 25.9 Å². The second kappa shape index (κ2) is 7.59. The lowest BCUT2D eigenvalue weighted by atomic mass is 9.70. The van der Waals surface area contributed by atoms with Crippen LogP contribution >= 0.6 is 0 Å². The number of ether oxygens (including phenoxy) is 2. The number of benzene rings is 1. The second-order valence-corrected chi connectivity index (χ2v) is 9.88. The fourth-order valence-electron chi connectivity index (χ4n) is 6.74. The van der Waals surface area contributed by atoms with E-state index >= 15 is 0 Å². The van der Waals surface area contributed by atoms with E-state index in [-0.39, 0.29) is 35.9 Å². The minimum Gasteiger partial charge on any atom is -0.466 e. The molecule has 3 aliphatic rings. The number of hydrogen-bond donors (Lipinski definition) is 0. The monoisotopic (exact) mass is 439 g/mol. The summed E-state index contributed by atoms with van der Waals surface area (Å²) in [6.45, 7) is 5.37. The Bertz CT molecular complexity index is 1080. The van der Waals surface area contributed by atoms with Crippen molar-refractivity contribution >= 4 is 22.8 Å². The maximum Gasteiger partial charge on any atom is 0.347 e. The summed E-state index contributed by atoms with van der Waals surface area (Å²) in [6.07, 6.45) is 2.39. The van der Waals surface area contributed by atoms with Gasteiger partial charge in [-0.2, -0.15) is 0 Å². The van der Waals surface area contributed by atoms with Crippen LogP contribution < -0.4 is 0 Å². The molecular weight excluding hydrogens is 406 g/mol. The van der Waals surface area contributed by atoms with E-state index in [1.54, 1.807) is 0 Å². The summed E-state index contributed by atoms with van der Waals surface area (Å²) in [6, 6.07) is 8.73. The quantitative estimate of drug-likeness (QED) is 0.683. The highest BCUT2D eigenvalue weighted by molar-refractivity contribution is 5.90. The van der Waals surface area contributed by atoms with Crippen molar-refractivity contribution in [3.8, 4) is 0 Å². The van der Waals surface area contributed by atoms with Crippen molar-refractivity contribution in [2.24, 2.45) is 11.8 Å². The van der Waals surface area contributed by atoms with Gasteiger partial charge in [0, 0.05) is 43.4 Å². The van der Waals surface area contributed by atoms with Crippen LogP contribution in [0, 0.1) is 11.8 Å². The Balaban J connectivity index is 1.70. The van der Waals surface area contributed by atoms with Gasteiger partial charge in [0.1, 0.15) is 6.10 Å². The lowest BCUT2D eigenvalue weighted by molar-refractivity contribution is -0.169. The first-order chi connectivity index (χ1) is 15.3. The summed E-state index contributed by atoms with van der Waals surface area (Å²) >= 11 is 0. The third-order valence-electron chi connectivity index (χ3n) is 8.05. The molecule has 0 bridgehead atoms. The lowest BCUT2D eigenvalue weighted by Gasteiger charge is -2.56. The van der Waals surface area contributed by atoms with Gasteiger partial charge in [-0.05, 0) is 51.4 Å². The maximum absolute atomic E-state index is 13.5. The summed E-state index contributed by atoms with van der Waals surface area (Å²) in [7, 11) is 5.43. The van der Waals surface area contributed by atoms with Gasteiger partial charge in [0.05, 0.1) is 18.7 Å². The molecule has 1 fully saturated rings. The molecule has 3 aliphatic heterocycles. The number of carbonyl (C=O) groups is 2. The van der Waals surface area contributed by atoms with Crippen LogP contribution in [0.5, 0.6) is 0 Å². The minimum absolute atomic E-state index is 0.144. The number of piperidine rings is 1. The summed E-state index contributed by atoms with van der Waals surface area (Å²) in [5.41, 5.74) is 2.84. The van der Waals surface area contributed by atoms with E-state index in [2.05, 4.69) is 33.7 Å². The van der Waals surface area contributed by atoms with Crippen LogP contribution in [0.4, 0.5) is 0 Å². The molecule has 7 nitrogen and oxygen atoms in total. The first kappa shape index (κ1) is 21.5. The summed E-state index contributed by atoms with van der Waals surface area (Å²) in [5, 5.41) is 1.24. The smallest absolute Gasteiger partial charge is 0.347 e. The molecule has 0 radical (unpaired) electrons. The summed E-state index contributed by atoms with van der Waals surface area (Å²) < 4.78 is 13.3. The molecule has 172 valence electrons. The topological polar surface area (TPSA) is 64.0 Å². The molecule has 4 heterocycles. The average molecular weight is 440 g/mol. The first-order valence-electron chi connectivity index (χ1n) is 11.6. The number of carbonyl (C=O) groups excluding carboxylic acids is 2. The van der Waals surface area contributed by atoms with E-state index in [1.165, 1.54) is 30.7 Å². The molecule has 5 rings (SSSR count). The molecule has 0 amide bonds. The van der Waals surface area contributed by atoms with Gasteiger partial charge < -0.3 is 14.0 Å². The molecule has 0 N–H and O–H groups in total. The Morgan fingerprint density at radius 1 is 1.25 bits per heavy atom. The number of methoxy groups -OCH3 is 1. The van der Waals surface area contributed by atoms with E-state index in [9.17, 15) is 9.59 Å². The zero-order chi connectivity index (χ0) is 22.8. The normalized spacial score (nSPS) is 30.1. The van der Waals surface area contributed by atoms with Crippen molar-refractivity contribution in [3.05, 3.63) is 35.5 Å². The molecule has 5 atom stereocenters. The average Bonchev–Trinajstić information content (AvgIpc) is 3.11. The van der Waals surface area contributed by atoms with Crippen molar-refractivity contribution < 1.29 is 19.1 Å². The first-order valence-corrected chi connectivity index (χ1v) is 11.6. The number of rotatable bonds is 4. The number of esters is 2. The molecule has 1 saturated heterocycles. The molecule has 32 heavy (non-hydrogen) atoms. The Morgan fingerprint density at radius 3 is 2.69 bits per heavy atom. The molecule has 0 spiro atoms. The van der Waals surface area contributed by atoms with Crippen LogP contribution in [0.2, 0.25) is 0 Å². The van der Waals surface area contributed by atoms with Gasteiger partial charge in [-0.3, -0.25) is 14.6 Å². The van der Waals surface area contributed by atoms with Crippen molar-refractivity contribution in [1.82, 2.24) is 14.4 Å². The number of fused-ring (bicyclic) bond motifs is 3. The highest BCUT2D eigenvalue weighted by Gasteiger charge is 2.57. The molecule has 0 aliphatic carbocycles. The van der Waals surface area contributed by atoms with Gasteiger partial charge in [-0.1, -0.05) is 18.2 Å². The predicted octanol–water partition coefficient (Wildman–Crippen LogP) is 2.92. The fraction of sp³-hybridized carbons (Fsp3) is 0.600. The lowest BCUT2D eigenvalue weighted by Crippen LogP contribution is -2.62. The van der Waals surface area contributed by atoms with Gasteiger partial charge in [-0.25, -0.2) is 4.79 Å². The number of para-hydroxylation sites is 1. The highest BCUT2D eigenvalue weighted by atomic mass is 16.5. The SMILES string of the molecule is COC(=O)[C@]1(N(C)C)C[C@H]2C[C@@H]([C@H](C)OC(C)=O)CN3CCc4c(n1c1ccccc41)[C@@H]23. The largest absolute Gasteiger partial charge is 0.466 e. The van der Waals surface area contributed by atoms with Crippen LogP contribution in [0.1, 0.15) is 44.0 Å². The third kappa shape index (κ3) is 2.87. The Hall–Kier alpha value is -2.38. The van der Waals surface area contributed by atoms with Crippen LogP contribution in [-0.2, 0) is 31.1 Å². The van der Waals surface area contributed by atoms with E-state index in [4.69, 9.17) is 9.47 Å². The number of nitrogens with zero attached hydrogens (tertiary/aromatic N) is 3. The van der Waals surface area contributed by atoms with E-state index in [0.717, 1.165) is 31.4 Å². The fourth-order valence-corrected chi connectivity index (χ4v) is 6.74. The highest BCUT2D eigenvalue weighted by Crippen LogP contribution is 2.55. The van der Waals surface area contributed by atoms with Gasteiger partial charge in [0.2, 0.25) is 0 Å². The molecule has 7 heteroatoms. The number of likely N-dealkylation sites (N-methyl/N-ethyl adjacent to an activating group) is 1. The Labute approximate surface area is 189 Å². The van der Waals surface area contributed by atoms with Crippen molar-refractivity contribution in [2.45, 2.75) is 50.9 Å². The Morgan fingerprint density at radius 2 is 2.00 bits per heavy atom. The standard InChI is InChI=1S/C25H33N3O4/c1-15(32-16(2)29)18-12-17-13-25(26(3)4,24(30)31-5)28-21-9-7-6-8-19(21)20-10-11-27(14-18)22(17)23(20)28/h6-9,15,17-18,22H,10-14H2,1-5H3/t15-,17+,18+,22+,25-/m0/s1. The van der Waals surface area contributed by atoms with Crippen molar-refractivity contribution in [1.29, 1.82) is 0 Å². The minimum atomic E-state index is -0.904. The molecule has 0 unspecified atom stereocenters. The van der Waals surface area contributed by atoms with E-state index in [0.29, 0.717) is 6.42 Å². The van der Waals surface area contributed by atoms with Gasteiger partial charge in [-0.15, -0.1) is 0 Å². The van der Waals surface area contributed by atoms with Crippen LogP contribution in [0.15, 0.2) is 24.3 Å². The van der Waals surface area contributed by atoms with Gasteiger partial charge in [0.25, 0.3) is 0 Å². The zero-order valence-electron chi connectivity index (χ0n) is 19.6. The molecule has 1 aromatic carbocycles. The predicted molar refractivity (Wildman–Crippen MR) is 121 cm³/mol. The Kier molecular flexibility index (Phi) is 5.09. The van der Waals surface area contributed by atoms with E-state index < -0.39 is 5.66 Å². The summed E-state index contributed by atoms with van der Waals surface area (Å²) in [5.74, 6) is 0.0533. The molecular formula is C25H33N3O4. The second-order valence-electron chi connectivity index (χ2n) is 9.88. The molecule has 2 aromatic rings. The molecule has 1 aromatic heterocycles. The third-order valence-corrected chi connectivity index (χ3v) is 8.05. The number of hydrogen-bond acceptors (Lipinski definition) is 6. The van der Waals surface area contributed by atoms with Gasteiger partial charge >= 0.3 is 11.9 Å². The van der Waals surface area contributed by atoms with Crippen LogP contribution in [-0.4, -0.2) is 66.7 Å². The van der Waals surface area contributed by atoms with Crippen molar-refractivity contribution in [2.75, 3.05) is 34.3 Å². The van der Waals surface area contributed by atoms with Crippen LogP contribution in [0.3, 0.4) is 0 Å². The zero-order valence-corrected chi connectivity index (χ0v) is 19.6. The number of aromatic nitrogens is 1. The van der Waals surface area contributed by atoms with Crippen molar-refractivity contribution in [3.63, 3.8) is 0 Å². The summed E-state index contributed by atoms with van der Waals surface area (Å²) in [4.78, 5) is 29.7.